The van der Waals surface area contributed by atoms with E-state index in [0.29, 0.717) is 12.5 Å². The summed E-state index contributed by atoms with van der Waals surface area (Å²) in [6.07, 6.45) is 1.97. The van der Waals surface area contributed by atoms with Gasteiger partial charge >= 0.3 is 0 Å². The first-order chi connectivity index (χ1) is 9.69. The first-order valence-electron chi connectivity index (χ1n) is 7.35. The summed E-state index contributed by atoms with van der Waals surface area (Å²) in [6, 6.07) is 8.04. The van der Waals surface area contributed by atoms with Crippen molar-refractivity contribution in [3.8, 4) is 0 Å². The molecule has 1 aromatic rings. The number of nitrogens with zero attached hydrogens (tertiary/aromatic N) is 1. The Morgan fingerprint density at radius 2 is 2.20 bits per heavy atom. The molecule has 0 aromatic heterocycles. The van der Waals surface area contributed by atoms with Crippen molar-refractivity contribution in [2.45, 2.75) is 31.9 Å². The normalized spacial score (nSPS) is 28.9. The molecule has 3 unspecified atom stereocenters. The largest absolute Gasteiger partial charge is 0.379 e. The third-order valence-electron chi connectivity index (χ3n) is 4.57. The van der Waals surface area contributed by atoms with Gasteiger partial charge in [0.15, 0.2) is 0 Å². The second-order valence-electron chi connectivity index (χ2n) is 5.88. The van der Waals surface area contributed by atoms with Gasteiger partial charge in [-0.25, -0.2) is 0 Å². The van der Waals surface area contributed by atoms with Crippen LogP contribution in [-0.4, -0.2) is 43.2 Å². The lowest BCUT2D eigenvalue weighted by Crippen LogP contribution is -2.51. The van der Waals surface area contributed by atoms with E-state index in [2.05, 4.69) is 18.3 Å². The van der Waals surface area contributed by atoms with Gasteiger partial charge in [-0.1, -0.05) is 25.1 Å². The van der Waals surface area contributed by atoms with Crippen LogP contribution in [0.25, 0.3) is 0 Å². The van der Waals surface area contributed by atoms with Crippen molar-refractivity contribution < 1.29 is 9.53 Å². The van der Waals surface area contributed by atoms with Crippen molar-refractivity contribution in [2.24, 2.45) is 5.92 Å². The molecule has 0 radical (unpaired) electrons. The molecule has 1 aromatic carbocycles. The van der Waals surface area contributed by atoms with E-state index in [-0.39, 0.29) is 18.1 Å². The Bertz CT molecular complexity index is 478. The molecule has 3 rings (SSSR count). The SMILES string of the molecule is COC1CN(C(=O)C2Cc3ccccc3N2)CCC1C. The first-order valence-corrected chi connectivity index (χ1v) is 7.35. The topological polar surface area (TPSA) is 41.6 Å². The summed E-state index contributed by atoms with van der Waals surface area (Å²) in [7, 11) is 1.73. The summed E-state index contributed by atoms with van der Waals surface area (Å²) in [5.74, 6) is 0.730. The number of hydrogen-bond donors (Lipinski definition) is 1. The van der Waals surface area contributed by atoms with Gasteiger partial charge in [-0.2, -0.15) is 0 Å². The molecule has 2 aliphatic heterocycles. The highest BCUT2D eigenvalue weighted by Crippen LogP contribution is 2.27. The van der Waals surface area contributed by atoms with E-state index in [9.17, 15) is 4.79 Å². The molecular weight excluding hydrogens is 252 g/mol. The number of benzene rings is 1. The van der Waals surface area contributed by atoms with Crippen LogP contribution in [0.5, 0.6) is 0 Å². The quantitative estimate of drug-likeness (QED) is 0.895. The Hall–Kier alpha value is -1.55. The highest BCUT2D eigenvalue weighted by molar-refractivity contribution is 5.87. The summed E-state index contributed by atoms with van der Waals surface area (Å²) in [6.45, 7) is 3.75. The number of nitrogens with one attached hydrogen (secondary N) is 1. The number of para-hydroxylation sites is 1. The lowest BCUT2D eigenvalue weighted by molar-refractivity contribution is -0.136. The van der Waals surface area contributed by atoms with E-state index in [1.807, 2.05) is 23.1 Å². The number of anilines is 1. The van der Waals surface area contributed by atoms with Gasteiger partial charge < -0.3 is 15.0 Å². The van der Waals surface area contributed by atoms with Crippen LogP contribution in [0, 0.1) is 5.92 Å². The zero-order chi connectivity index (χ0) is 14.1. The molecule has 2 aliphatic rings. The predicted octanol–water partition coefficient (Wildman–Crippen LogP) is 1.91. The molecule has 1 fully saturated rings. The fraction of sp³-hybridized carbons (Fsp3) is 0.562. The maximum atomic E-state index is 12.6. The Labute approximate surface area is 120 Å². The highest BCUT2D eigenvalue weighted by Gasteiger charge is 2.34. The Balaban J connectivity index is 1.66. The molecular formula is C16H22N2O2. The Morgan fingerprint density at radius 3 is 2.95 bits per heavy atom. The van der Waals surface area contributed by atoms with Gasteiger partial charge in [0.05, 0.1) is 6.10 Å². The number of ether oxygens (including phenoxy) is 1. The van der Waals surface area contributed by atoms with Crippen molar-refractivity contribution in [1.29, 1.82) is 0 Å². The minimum Gasteiger partial charge on any atom is -0.379 e. The average Bonchev–Trinajstić information content (AvgIpc) is 2.91. The van der Waals surface area contributed by atoms with Gasteiger partial charge in [-0.05, 0) is 24.0 Å². The fourth-order valence-corrected chi connectivity index (χ4v) is 3.21. The van der Waals surface area contributed by atoms with Crippen molar-refractivity contribution in [1.82, 2.24) is 4.90 Å². The summed E-state index contributed by atoms with van der Waals surface area (Å²) < 4.78 is 5.49. The number of likely N-dealkylation sites (tertiary alicyclic amines) is 1. The van der Waals surface area contributed by atoms with Crippen molar-refractivity contribution in [2.75, 3.05) is 25.5 Å². The van der Waals surface area contributed by atoms with Gasteiger partial charge in [0.25, 0.3) is 0 Å². The summed E-state index contributed by atoms with van der Waals surface area (Å²) in [5, 5.41) is 3.34. The molecule has 108 valence electrons. The molecule has 1 N–H and O–H groups in total. The van der Waals surface area contributed by atoms with Crippen molar-refractivity contribution >= 4 is 11.6 Å². The maximum Gasteiger partial charge on any atom is 0.245 e. The number of fused-ring (bicyclic) bond motifs is 1. The lowest BCUT2D eigenvalue weighted by atomic mass is 9.95. The summed E-state index contributed by atoms with van der Waals surface area (Å²) >= 11 is 0. The Morgan fingerprint density at radius 1 is 1.40 bits per heavy atom. The van der Waals surface area contributed by atoms with Crippen LogP contribution in [0.2, 0.25) is 0 Å². The zero-order valence-corrected chi connectivity index (χ0v) is 12.1. The van der Waals surface area contributed by atoms with Crippen molar-refractivity contribution in [3.05, 3.63) is 29.8 Å². The minimum atomic E-state index is -0.113. The van der Waals surface area contributed by atoms with Gasteiger partial charge in [-0.15, -0.1) is 0 Å². The average molecular weight is 274 g/mol. The number of amides is 1. The van der Waals surface area contributed by atoms with Gasteiger partial charge in [0, 0.05) is 32.3 Å². The third-order valence-corrected chi connectivity index (χ3v) is 4.57. The van der Waals surface area contributed by atoms with Crippen LogP contribution >= 0.6 is 0 Å². The third kappa shape index (κ3) is 2.40. The van der Waals surface area contributed by atoms with Crippen LogP contribution in [0.15, 0.2) is 24.3 Å². The van der Waals surface area contributed by atoms with Gasteiger partial charge in [0.2, 0.25) is 5.91 Å². The van der Waals surface area contributed by atoms with E-state index in [4.69, 9.17) is 4.74 Å². The zero-order valence-electron chi connectivity index (χ0n) is 12.1. The number of hydrogen-bond acceptors (Lipinski definition) is 3. The molecule has 4 heteroatoms. The fourth-order valence-electron chi connectivity index (χ4n) is 3.21. The lowest BCUT2D eigenvalue weighted by Gasteiger charge is -2.37. The number of carbonyl (C=O) groups excluding carboxylic acids is 1. The number of rotatable bonds is 2. The monoisotopic (exact) mass is 274 g/mol. The number of piperidine rings is 1. The van der Waals surface area contributed by atoms with E-state index >= 15 is 0 Å². The van der Waals surface area contributed by atoms with Crippen molar-refractivity contribution in [3.63, 3.8) is 0 Å². The van der Waals surface area contributed by atoms with Crippen LogP contribution < -0.4 is 5.32 Å². The van der Waals surface area contributed by atoms with Gasteiger partial charge in [-0.3, -0.25) is 4.79 Å². The molecule has 1 amide bonds. The molecule has 0 aliphatic carbocycles. The smallest absolute Gasteiger partial charge is 0.245 e. The second-order valence-corrected chi connectivity index (χ2v) is 5.88. The van der Waals surface area contributed by atoms with Gasteiger partial charge in [0.1, 0.15) is 6.04 Å². The van der Waals surface area contributed by atoms with E-state index in [0.717, 1.165) is 25.1 Å². The number of methoxy groups -OCH3 is 1. The van der Waals surface area contributed by atoms with E-state index in [1.54, 1.807) is 7.11 Å². The molecule has 3 atom stereocenters. The van der Waals surface area contributed by atoms with E-state index in [1.165, 1.54) is 5.56 Å². The maximum absolute atomic E-state index is 12.6. The molecule has 1 saturated heterocycles. The standard InChI is InChI=1S/C16H22N2O2/c1-11-7-8-18(10-15(11)20-2)16(19)14-9-12-5-3-4-6-13(12)17-14/h3-6,11,14-15,17H,7-10H2,1-2H3. The second kappa shape index (κ2) is 5.44. The summed E-state index contributed by atoms with van der Waals surface area (Å²) in [5.41, 5.74) is 2.33. The molecule has 0 spiro atoms. The molecule has 2 heterocycles. The molecule has 4 nitrogen and oxygen atoms in total. The first kappa shape index (κ1) is 13.4. The van der Waals surface area contributed by atoms with Crippen LogP contribution in [-0.2, 0) is 16.0 Å². The predicted molar refractivity (Wildman–Crippen MR) is 78.7 cm³/mol. The molecule has 20 heavy (non-hydrogen) atoms. The van der Waals surface area contributed by atoms with Crippen LogP contribution in [0.4, 0.5) is 5.69 Å². The summed E-state index contributed by atoms with van der Waals surface area (Å²) in [4.78, 5) is 14.6. The van der Waals surface area contributed by atoms with E-state index < -0.39 is 0 Å². The van der Waals surface area contributed by atoms with Crippen LogP contribution in [0.1, 0.15) is 18.9 Å². The molecule has 0 saturated carbocycles. The number of carbonyl (C=O) groups is 1. The Kier molecular flexibility index (Phi) is 3.66. The van der Waals surface area contributed by atoms with Crippen LogP contribution in [0.3, 0.4) is 0 Å². The minimum absolute atomic E-state index is 0.113. The highest BCUT2D eigenvalue weighted by atomic mass is 16.5. The molecule has 0 bridgehead atoms.